The van der Waals surface area contributed by atoms with Gasteiger partial charge in [-0.25, -0.2) is 19.0 Å². The number of fused-ring (bicyclic) bond motifs is 1. The standard InChI is InChI=1S/C36H35F2N9O2/c1-2-25-18-26(8-9-27(25)36(48)42-19-23-12-14-39-15-13-23)44-34-35-41-20-29(46(35)17-16-40-34)28-10-11-30(33(38)32(28)37)49-31-21-43-45-47(31)22-24-6-4-3-5-7-24/h3-11,16-18,20-21,23,39H,2,12-15,19,22H2,1H3,(H,40,44)(H,42,48). The Morgan fingerprint density at radius 1 is 1.02 bits per heavy atom. The van der Waals surface area contributed by atoms with E-state index in [0.717, 1.165) is 42.7 Å². The van der Waals surface area contributed by atoms with Gasteiger partial charge in [0.2, 0.25) is 11.7 Å². The first-order valence-electron chi connectivity index (χ1n) is 16.3. The summed E-state index contributed by atoms with van der Waals surface area (Å²) < 4.78 is 39.9. The summed E-state index contributed by atoms with van der Waals surface area (Å²) in [5, 5.41) is 17.6. The number of imidazole rings is 1. The predicted molar refractivity (Wildman–Crippen MR) is 181 cm³/mol. The number of carbonyl (C=O) groups excluding carboxylic acids is 1. The van der Waals surface area contributed by atoms with Gasteiger partial charge >= 0.3 is 0 Å². The maximum absolute atomic E-state index is 15.6. The van der Waals surface area contributed by atoms with E-state index in [1.807, 2.05) is 55.5 Å². The minimum atomic E-state index is -1.15. The van der Waals surface area contributed by atoms with Gasteiger partial charge in [-0.3, -0.25) is 9.20 Å². The van der Waals surface area contributed by atoms with E-state index < -0.39 is 11.6 Å². The Labute approximate surface area is 281 Å². The largest absolute Gasteiger partial charge is 0.434 e. The van der Waals surface area contributed by atoms with Crippen molar-refractivity contribution in [2.24, 2.45) is 5.92 Å². The van der Waals surface area contributed by atoms with Crippen LogP contribution in [0, 0.1) is 17.6 Å². The molecule has 1 aliphatic heterocycles. The van der Waals surface area contributed by atoms with Crippen molar-refractivity contribution in [2.45, 2.75) is 32.7 Å². The number of rotatable bonds is 11. The van der Waals surface area contributed by atoms with Crippen LogP contribution >= 0.6 is 0 Å². The molecule has 6 aromatic rings. The van der Waals surface area contributed by atoms with E-state index >= 15 is 8.78 Å². The monoisotopic (exact) mass is 663 g/mol. The Bertz CT molecular complexity index is 2090. The van der Waals surface area contributed by atoms with Crippen LogP contribution in [0.3, 0.4) is 0 Å². The second kappa shape index (κ2) is 14.2. The van der Waals surface area contributed by atoms with Crippen LogP contribution in [0.5, 0.6) is 11.6 Å². The summed E-state index contributed by atoms with van der Waals surface area (Å²) in [6, 6.07) is 17.9. The molecule has 0 unspecified atom stereocenters. The molecule has 0 radical (unpaired) electrons. The molecule has 1 fully saturated rings. The van der Waals surface area contributed by atoms with Crippen molar-refractivity contribution in [1.29, 1.82) is 0 Å². The van der Waals surface area contributed by atoms with Crippen molar-refractivity contribution in [3.63, 3.8) is 0 Å². The molecule has 3 N–H and O–H groups in total. The number of aryl methyl sites for hydroxylation is 1. The van der Waals surface area contributed by atoms with Crippen molar-refractivity contribution in [3.8, 4) is 22.9 Å². The summed E-state index contributed by atoms with van der Waals surface area (Å²) in [4.78, 5) is 22.0. The average molecular weight is 664 g/mol. The van der Waals surface area contributed by atoms with Gasteiger partial charge in [0, 0.05) is 35.8 Å². The van der Waals surface area contributed by atoms with Gasteiger partial charge in [-0.2, -0.15) is 4.39 Å². The van der Waals surface area contributed by atoms with Gasteiger partial charge in [-0.1, -0.05) is 42.5 Å². The van der Waals surface area contributed by atoms with E-state index in [0.29, 0.717) is 48.2 Å². The van der Waals surface area contributed by atoms with E-state index in [1.54, 1.807) is 16.8 Å². The minimum absolute atomic E-state index is 0.00135. The third-order valence-corrected chi connectivity index (χ3v) is 8.73. The number of halogens is 2. The van der Waals surface area contributed by atoms with E-state index in [1.165, 1.54) is 29.2 Å². The molecule has 0 saturated carbocycles. The van der Waals surface area contributed by atoms with Crippen LogP contribution in [0.2, 0.25) is 0 Å². The summed E-state index contributed by atoms with van der Waals surface area (Å²) in [5.41, 5.74) is 3.93. The Morgan fingerprint density at radius 3 is 2.67 bits per heavy atom. The van der Waals surface area contributed by atoms with E-state index in [2.05, 4.69) is 36.2 Å². The summed E-state index contributed by atoms with van der Waals surface area (Å²) in [6.07, 6.45) is 8.77. The SMILES string of the molecule is CCc1cc(Nc2nccn3c(-c4ccc(Oc5cnnn5Cc5ccccc5)c(F)c4F)cnc23)ccc1C(=O)NCC1CCNCC1. The molecule has 13 heteroatoms. The number of nitrogens with one attached hydrogen (secondary N) is 3. The topological polar surface area (TPSA) is 123 Å². The molecule has 1 amide bonds. The quantitative estimate of drug-likeness (QED) is 0.151. The number of hydrogen-bond donors (Lipinski definition) is 3. The van der Waals surface area contributed by atoms with Gasteiger partial charge in [0.15, 0.2) is 23.0 Å². The minimum Gasteiger partial charge on any atom is -0.434 e. The third-order valence-electron chi connectivity index (χ3n) is 8.73. The predicted octanol–water partition coefficient (Wildman–Crippen LogP) is 6.14. The second-order valence-corrected chi connectivity index (χ2v) is 11.9. The molecule has 0 atom stereocenters. The summed E-state index contributed by atoms with van der Waals surface area (Å²) in [6.45, 7) is 4.98. The van der Waals surface area contributed by atoms with Gasteiger partial charge in [-0.15, -0.1) is 5.10 Å². The first kappa shape index (κ1) is 31.9. The molecule has 3 aromatic heterocycles. The molecular weight excluding hydrogens is 628 g/mol. The lowest BCUT2D eigenvalue weighted by Gasteiger charge is -2.23. The van der Waals surface area contributed by atoms with Crippen LogP contribution in [0.1, 0.15) is 41.3 Å². The van der Waals surface area contributed by atoms with E-state index in [4.69, 9.17) is 4.74 Å². The molecule has 1 saturated heterocycles. The van der Waals surface area contributed by atoms with Crippen LogP contribution in [0.15, 0.2) is 85.5 Å². The van der Waals surface area contributed by atoms with Gasteiger partial charge < -0.3 is 20.7 Å². The first-order chi connectivity index (χ1) is 24.0. The number of ether oxygens (including phenoxy) is 1. The fourth-order valence-electron chi connectivity index (χ4n) is 6.06. The fourth-order valence-corrected chi connectivity index (χ4v) is 6.06. The maximum Gasteiger partial charge on any atom is 0.251 e. The van der Waals surface area contributed by atoms with E-state index in [-0.39, 0.29) is 23.1 Å². The van der Waals surface area contributed by atoms with Crippen molar-refractivity contribution in [2.75, 3.05) is 25.0 Å². The second-order valence-electron chi connectivity index (χ2n) is 11.9. The van der Waals surface area contributed by atoms with Crippen molar-refractivity contribution in [1.82, 2.24) is 40.0 Å². The summed E-state index contributed by atoms with van der Waals surface area (Å²) in [7, 11) is 0. The summed E-state index contributed by atoms with van der Waals surface area (Å²) in [5.74, 6) is -1.56. The van der Waals surface area contributed by atoms with Gasteiger partial charge in [0.05, 0.1) is 18.4 Å². The molecular formula is C36H35F2N9O2. The zero-order valence-corrected chi connectivity index (χ0v) is 26.9. The lowest BCUT2D eigenvalue weighted by molar-refractivity contribution is 0.0943. The zero-order chi connectivity index (χ0) is 33.7. The Kier molecular flexibility index (Phi) is 9.24. The fraction of sp³-hybridized carbons (Fsp3) is 0.250. The molecule has 0 aliphatic carbocycles. The lowest BCUT2D eigenvalue weighted by atomic mass is 9.97. The molecule has 0 spiro atoms. The number of carbonyl (C=O) groups is 1. The van der Waals surface area contributed by atoms with Crippen molar-refractivity contribution in [3.05, 3.63) is 114 Å². The molecule has 49 heavy (non-hydrogen) atoms. The van der Waals surface area contributed by atoms with Gasteiger partial charge in [-0.05, 0) is 79.7 Å². The molecule has 4 heterocycles. The highest BCUT2D eigenvalue weighted by atomic mass is 19.2. The number of piperidine rings is 1. The van der Waals surface area contributed by atoms with Crippen LogP contribution in [-0.4, -0.2) is 54.9 Å². The van der Waals surface area contributed by atoms with Crippen LogP contribution in [0.25, 0.3) is 16.9 Å². The highest BCUT2D eigenvalue weighted by Gasteiger charge is 2.22. The van der Waals surface area contributed by atoms with Crippen LogP contribution in [-0.2, 0) is 13.0 Å². The van der Waals surface area contributed by atoms with E-state index in [9.17, 15) is 4.79 Å². The number of anilines is 2. The van der Waals surface area contributed by atoms with Crippen molar-refractivity contribution < 1.29 is 18.3 Å². The maximum atomic E-state index is 15.6. The number of nitrogens with zero attached hydrogens (tertiary/aromatic N) is 6. The third kappa shape index (κ3) is 6.83. The summed E-state index contributed by atoms with van der Waals surface area (Å²) >= 11 is 0. The Balaban J connectivity index is 1.09. The molecule has 11 nitrogen and oxygen atoms in total. The highest BCUT2D eigenvalue weighted by molar-refractivity contribution is 5.96. The zero-order valence-electron chi connectivity index (χ0n) is 26.9. The highest BCUT2D eigenvalue weighted by Crippen LogP contribution is 2.34. The first-order valence-corrected chi connectivity index (χ1v) is 16.3. The van der Waals surface area contributed by atoms with Crippen LogP contribution in [0.4, 0.5) is 20.3 Å². The molecule has 7 rings (SSSR count). The van der Waals surface area contributed by atoms with Gasteiger partial charge in [0.25, 0.3) is 5.91 Å². The number of benzene rings is 3. The smallest absolute Gasteiger partial charge is 0.251 e. The van der Waals surface area contributed by atoms with Crippen LogP contribution < -0.4 is 20.7 Å². The average Bonchev–Trinajstić information content (AvgIpc) is 3.77. The molecule has 250 valence electrons. The Morgan fingerprint density at radius 2 is 1.86 bits per heavy atom. The van der Waals surface area contributed by atoms with Crippen molar-refractivity contribution >= 4 is 23.1 Å². The number of amides is 1. The normalized spacial score (nSPS) is 13.4. The number of hydrogen-bond acceptors (Lipinski definition) is 8. The Hall–Kier alpha value is -5.69. The molecule has 3 aromatic carbocycles. The van der Waals surface area contributed by atoms with Gasteiger partial charge in [0.1, 0.15) is 6.20 Å². The molecule has 0 bridgehead atoms. The molecule has 1 aliphatic rings. The lowest BCUT2D eigenvalue weighted by Crippen LogP contribution is -2.36. The number of aromatic nitrogens is 6.